The van der Waals surface area contributed by atoms with Gasteiger partial charge in [0.2, 0.25) is 0 Å². The standard InChI is InChI=1S/C8H13N3O2S2/c1-3-9-6(7(12)13)4-14-8-10-5(2)11-15-8/h6,9H,3-4H2,1-2H3,(H,12,13). The number of hydrogen-bond acceptors (Lipinski definition) is 6. The molecule has 0 fully saturated rings. The highest BCUT2D eigenvalue weighted by Crippen LogP contribution is 2.20. The van der Waals surface area contributed by atoms with Gasteiger partial charge in [0.15, 0.2) is 4.34 Å². The molecule has 0 aliphatic rings. The van der Waals surface area contributed by atoms with E-state index in [1.807, 2.05) is 13.8 Å². The number of rotatable bonds is 6. The maximum atomic E-state index is 10.8. The normalized spacial score (nSPS) is 12.7. The summed E-state index contributed by atoms with van der Waals surface area (Å²) in [6.45, 7) is 4.35. The monoisotopic (exact) mass is 247 g/mol. The Morgan fingerprint density at radius 1 is 1.73 bits per heavy atom. The van der Waals surface area contributed by atoms with Gasteiger partial charge in [0.1, 0.15) is 11.9 Å². The summed E-state index contributed by atoms with van der Waals surface area (Å²) in [5.74, 6) is 0.376. The number of aliphatic carboxylic acids is 1. The first-order chi connectivity index (χ1) is 7.13. The molecule has 1 unspecified atom stereocenters. The molecule has 1 heterocycles. The minimum absolute atomic E-state index is 0.470. The summed E-state index contributed by atoms with van der Waals surface area (Å²) in [5.41, 5.74) is 0. The first-order valence-electron chi connectivity index (χ1n) is 4.52. The molecular formula is C8H13N3O2S2. The summed E-state index contributed by atoms with van der Waals surface area (Å²) in [6.07, 6.45) is 0. The van der Waals surface area contributed by atoms with E-state index in [4.69, 9.17) is 5.11 Å². The van der Waals surface area contributed by atoms with Crippen LogP contribution in [0, 0.1) is 6.92 Å². The van der Waals surface area contributed by atoms with Crippen molar-refractivity contribution in [2.24, 2.45) is 0 Å². The van der Waals surface area contributed by atoms with Gasteiger partial charge in [-0.15, -0.1) is 0 Å². The van der Waals surface area contributed by atoms with Crippen LogP contribution in [0.3, 0.4) is 0 Å². The molecule has 0 saturated heterocycles. The van der Waals surface area contributed by atoms with E-state index < -0.39 is 12.0 Å². The summed E-state index contributed by atoms with van der Waals surface area (Å²) >= 11 is 2.72. The lowest BCUT2D eigenvalue weighted by Crippen LogP contribution is -2.38. The van der Waals surface area contributed by atoms with Crippen molar-refractivity contribution in [3.8, 4) is 0 Å². The van der Waals surface area contributed by atoms with E-state index >= 15 is 0 Å². The van der Waals surface area contributed by atoms with Crippen LogP contribution in [0.2, 0.25) is 0 Å². The van der Waals surface area contributed by atoms with Crippen molar-refractivity contribution >= 4 is 29.3 Å². The second-order valence-corrected chi connectivity index (χ2v) is 4.89. The van der Waals surface area contributed by atoms with Crippen LogP contribution in [0.4, 0.5) is 0 Å². The van der Waals surface area contributed by atoms with Crippen molar-refractivity contribution in [3.63, 3.8) is 0 Å². The molecule has 15 heavy (non-hydrogen) atoms. The maximum absolute atomic E-state index is 10.8. The maximum Gasteiger partial charge on any atom is 0.321 e. The molecule has 2 N–H and O–H groups in total. The van der Waals surface area contributed by atoms with E-state index in [9.17, 15) is 4.79 Å². The Labute approximate surface area is 96.5 Å². The molecule has 0 aliphatic heterocycles. The fourth-order valence-corrected chi connectivity index (χ4v) is 2.67. The number of carboxylic acids is 1. The Kier molecular flexibility index (Phi) is 5.00. The van der Waals surface area contributed by atoms with Gasteiger partial charge in [-0.1, -0.05) is 18.7 Å². The molecule has 1 rings (SSSR count). The van der Waals surface area contributed by atoms with Gasteiger partial charge < -0.3 is 10.4 Å². The van der Waals surface area contributed by atoms with Crippen LogP contribution >= 0.6 is 23.3 Å². The fourth-order valence-electron chi connectivity index (χ4n) is 0.955. The Morgan fingerprint density at radius 2 is 2.47 bits per heavy atom. The predicted molar refractivity (Wildman–Crippen MR) is 60.5 cm³/mol. The molecule has 1 aromatic rings. The Bertz CT molecular complexity index is 329. The largest absolute Gasteiger partial charge is 0.480 e. The Balaban J connectivity index is 2.43. The first kappa shape index (κ1) is 12.4. The average molecular weight is 247 g/mol. The number of thioether (sulfide) groups is 1. The number of nitrogens with zero attached hydrogens (tertiary/aromatic N) is 2. The Morgan fingerprint density at radius 3 is 2.93 bits per heavy atom. The first-order valence-corrected chi connectivity index (χ1v) is 6.28. The molecule has 0 spiro atoms. The summed E-state index contributed by atoms with van der Waals surface area (Å²) in [6, 6.07) is -0.524. The zero-order valence-corrected chi connectivity index (χ0v) is 10.2. The molecule has 0 amide bonds. The molecule has 0 bridgehead atoms. The smallest absolute Gasteiger partial charge is 0.321 e. The van der Waals surface area contributed by atoms with Crippen molar-refractivity contribution in [2.45, 2.75) is 24.2 Å². The molecular weight excluding hydrogens is 234 g/mol. The van der Waals surface area contributed by atoms with Crippen molar-refractivity contribution in [1.29, 1.82) is 0 Å². The minimum Gasteiger partial charge on any atom is -0.480 e. The lowest BCUT2D eigenvalue weighted by atomic mass is 10.3. The molecule has 7 heteroatoms. The van der Waals surface area contributed by atoms with Gasteiger partial charge in [-0.25, -0.2) is 4.98 Å². The second kappa shape index (κ2) is 6.04. The van der Waals surface area contributed by atoms with Crippen molar-refractivity contribution < 1.29 is 9.90 Å². The number of carbonyl (C=O) groups is 1. The second-order valence-electron chi connectivity index (χ2n) is 2.87. The van der Waals surface area contributed by atoms with E-state index in [0.717, 1.165) is 10.2 Å². The molecule has 5 nitrogen and oxygen atoms in total. The summed E-state index contributed by atoms with van der Waals surface area (Å²) in [5, 5.41) is 11.8. The van der Waals surface area contributed by atoms with Crippen molar-refractivity contribution in [2.75, 3.05) is 12.3 Å². The number of nitrogens with one attached hydrogen (secondary N) is 1. The van der Waals surface area contributed by atoms with Crippen LogP contribution in [0.25, 0.3) is 0 Å². The number of aryl methyl sites for hydroxylation is 1. The van der Waals surface area contributed by atoms with Gasteiger partial charge in [-0.05, 0) is 25.0 Å². The summed E-state index contributed by atoms with van der Waals surface area (Å²) in [4.78, 5) is 15.0. The number of aromatic nitrogens is 2. The lowest BCUT2D eigenvalue weighted by molar-refractivity contribution is -0.138. The van der Waals surface area contributed by atoms with Crippen LogP contribution in [0.15, 0.2) is 4.34 Å². The van der Waals surface area contributed by atoms with Gasteiger partial charge in [0, 0.05) is 5.75 Å². The van der Waals surface area contributed by atoms with Crippen LogP contribution in [-0.2, 0) is 4.79 Å². The number of carboxylic acid groups (broad SMARTS) is 1. The minimum atomic E-state index is -0.828. The highest BCUT2D eigenvalue weighted by Gasteiger charge is 2.16. The zero-order chi connectivity index (χ0) is 11.3. The molecule has 1 atom stereocenters. The molecule has 0 aliphatic carbocycles. The van der Waals surface area contributed by atoms with Crippen LogP contribution in [0.5, 0.6) is 0 Å². The van der Waals surface area contributed by atoms with E-state index in [2.05, 4.69) is 14.7 Å². The Hall–Kier alpha value is -0.660. The highest BCUT2D eigenvalue weighted by molar-refractivity contribution is 8.01. The lowest BCUT2D eigenvalue weighted by Gasteiger charge is -2.10. The van der Waals surface area contributed by atoms with E-state index in [1.54, 1.807) is 0 Å². The van der Waals surface area contributed by atoms with Gasteiger partial charge >= 0.3 is 5.97 Å². The summed E-state index contributed by atoms with van der Waals surface area (Å²) < 4.78 is 4.84. The number of likely N-dealkylation sites (N-methyl/N-ethyl adjacent to an activating group) is 1. The van der Waals surface area contributed by atoms with Crippen molar-refractivity contribution in [1.82, 2.24) is 14.7 Å². The fraction of sp³-hybridized carbons (Fsp3) is 0.625. The average Bonchev–Trinajstić information content (AvgIpc) is 2.58. The van der Waals surface area contributed by atoms with Crippen LogP contribution in [-0.4, -0.2) is 38.8 Å². The number of hydrogen-bond donors (Lipinski definition) is 2. The molecule has 0 saturated carbocycles. The third-order valence-electron chi connectivity index (χ3n) is 1.63. The van der Waals surface area contributed by atoms with Crippen LogP contribution in [0.1, 0.15) is 12.7 Å². The van der Waals surface area contributed by atoms with E-state index in [1.165, 1.54) is 23.3 Å². The quantitative estimate of drug-likeness (QED) is 0.731. The van der Waals surface area contributed by atoms with Crippen molar-refractivity contribution in [3.05, 3.63) is 5.82 Å². The molecule has 0 radical (unpaired) electrons. The van der Waals surface area contributed by atoms with Gasteiger partial charge in [0.25, 0.3) is 0 Å². The highest BCUT2D eigenvalue weighted by atomic mass is 32.2. The molecule has 0 aromatic carbocycles. The summed E-state index contributed by atoms with van der Waals surface area (Å²) in [7, 11) is 0. The van der Waals surface area contributed by atoms with E-state index in [0.29, 0.717) is 12.3 Å². The van der Waals surface area contributed by atoms with Gasteiger partial charge in [0.05, 0.1) is 0 Å². The molecule has 84 valence electrons. The topological polar surface area (TPSA) is 75.1 Å². The SMILES string of the molecule is CCNC(CSc1nc(C)ns1)C(=O)O. The third kappa shape index (κ3) is 4.15. The van der Waals surface area contributed by atoms with E-state index in [-0.39, 0.29) is 0 Å². The molecule has 1 aromatic heterocycles. The van der Waals surface area contributed by atoms with Gasteiger partial charge in [-0.3, -0.25) is 4.79 Å². The predicted octanol–water partition coefficient (Wildman–Crippen LogP) is 1.00. The van der Waals surface area contributed by atoms with Crippen LogP contribution < -0.4 is 5.32 Å². The zero-order valence-electron chi connectivity index (χ0n) is 8.56. The van der Waals surface area contributed by atoms with Gasteiger partial charge in [-0.2, -0.15) is 4.37 Å². The third-order valence-corrected chi connectivity index (χ3v) is 3.65.